The Morgan fingerprint density at radius 2 is 0.549 bits per heavy atom. The van der Waals surface area contributed by atoms with E-state index < -0.39 is 0 Å². The van der Waals surface area contributed by atoms with Gasteiger partial charge in [0, 0.05) is 110 Å². The molecule has 0 saturated carbocycles. The van der Waals surface area contributed by atoms with E-state index in [1.165, 1.54) is 203 Å². The quantitative estimate of drug-likeness (QED) is 0.122. The van der Waals surface area contributed by atoms with Gasteiger partial charge in [-0.1, -0.05) is 297 Å². The van der Waals surface area contributed by atoms with Gasteiger partial charge in [-0.05, 0) is 247 Å². The number of rotatable bonds is 12. The Hall–Kier alpha value is -17.5. The lowest BCUT2D eigenvalue weighted by Gasteiger charge is -2.28. The molecule has 7 aromatic heterocycles. The summed E-state index contributed by atoms with van der Waals surface area (Å²) >= 11 is 0. The maximum absolute atomic E-state index is 6.99. The molecule has 133 heavy (non-hydrogen) atoms. The second-order valence-corrected chi connectivity index (χ2v) is 36.1. The highest BCUT2D eigenvalue weighted by molar-refractivity contribution is 6.26. The predicted octanol–water partition coefficient (Wildman–Crippen LogP) is 33.5. The van der Waals surface area contributed by atoms with Crippen LogP contribution in [0, 0.1) is 0 Å². The molecule has 0 radical (unpaired) electrons. The van der Waals surface area contributed by atoms with Gasteiger partial charge in [0.2, 0.25) is 0 Å². The molecular formula is C126H78N6O. The van der Waals surface area contributed by atoms with Crippen LogP contribution in [0.3, 0.4) is 0 Å². The van der Waals surface area contributed by atoms with Crippen LogP contribution in [0.2, 0.25) is 0 Å². The second kappa shape index (κ2) is 28.5. The van der Waals surface area contributed by atoms with E-state index in [0.29, 0.717) is 0 Å². The smallest absolute Gasteiger partial charge is 0.159 e. The monoisotopic (exact) mass is 1690 g/mol. The largest absolute Gasteiger partial charge is 0.454 e. The van der Waals surface area contributed by atoms with E-state index in [1.54, 1.807) is 0 Å². The van der Waals surface area contributed by atoms with Crippen LogP contribution in [-0.2, 0) is 0 Å². The number of nitrogens with zero attached hydrogens (tertiary/aromatic N) is 6. The van der Waals surface area contributed by atoms with Gasteiger partial charge in [0.15, 0.2) is 5.58 Å². The van der Waals surface area contributed by atoms with E-state index in [2.05, 4.69) is 489 Å². The van der Waals surface area contributed by atoms with Gasteiger partial charge < -0.3 is 32.0 Å². The molecule has 27 aromatic rings. The Labute approximate surface area is 764 Å². The number of fused-ring (bicyclic) bond motifs is 24. The molecule has 1 aliphatic heterocycles. The second-order valence-electron chi connectivity index (χ2n) is 36.1. The molecule has 0 spiro atoms. The Morgan fingerprint density at radius 3 is 1.15 bits per heavy atom. The first-order valence-corrected chi connectivity index (χ1v) is 46.1. The summed E-state index contributed by atoms with van der Waals surface area (Å²) in [6, 6.07) is 163. The normalized spacial score (nSPS) is 13.9. The summed E-state index contributed by atoms with van der Waals surface area (Å²) in [5, 5.41) is 17.0. The third-order valence-electron chi connectivity index (χ3n) is 29.1. The molecule has 1 aliphatic carbocycles. The number of hydrogen-bond acceptors (Lipinski definition) is 2. The fraction of sp³-hybridized carbons (Fsp3) is 0.0159. The molecule has 2 aliphatic rings. The van der Waals surface area contributed by atoms with E-state index in [1.807, 2.05) is 0 Å². The maximum atomic E-state index is 6.99. The van der Waals surface area contributed by atoms with Gasteiger partial charge in [-0.15, -0.1) is 0 Å². The standard InChI is InChI=1S/C126H78N6O/c1-2-24-77(25-3-1)81-26-20-28-89(68-81)128-113-44-16-10-36-99(113)105-72-84(58-65-119(105)128)87-74-108-100-37-11-18-46-115(100)132-120-66-59-86(73-106(120)109(75-87)125(108)132)93-31-5-4-30-92(93)85-27-21-29-90(69-85)129-114-45-17-9-35-98(114)104-71-83(57-64-118(104)129)82-56-63-117-103(70-82)97-34-8-15-43-112(97)127(117)88-60-54-79(55-61-88)78-50-52-80(53-51-78)94-39-22-48-121-124(94)102-38-12-19-47-116(102)131(121)122-49-23-40-101-107-76-91(62-67-123(107)133-126(101)122)130-110-41-13-6-32-95(110)96-33-7-14-42-111(96)130/h1-76,102,116H. The summed E-state index contributed by atoms with van der Waals surface area (Å²) in [4.78, 5) is 2.52. The number of anilines is 2. The van der Waals surface area contributed by atoms with Crippen molar-refractivity contribution in [2.45, 2.75) is 12.0 Å². The minimum absolute atomic E-state index is 0.0685. The van der Waals surface area contributed by atoms with Crippen LogP contribution in [0.25, 0.3) is 248 Å². The first-order valence-electron chi connectivity index (χ1n) is 46.1. The van der Waals surface area contributed by atoms with Gasteiger partial charge in [0.05, 0.1) is 72.4 Å². The Bertz CT molecular complexity index is 9630. The fourth-order valence-electron chi connectivity index (χ4n) is 23.3. The van der Waals surface area contributed by atoms with Gasteiger partial charge in [-0.3, -0.25) is 0 Å². The summed E-state index contributed by atoms with van der Waals surface area (Å²) < 4.78 is 19.2. The van der Waals surface area contributed by atoms with Crippen molar-refractivity contribution in [3.63, 3.8) is 0 Å². The number of benzene rings is 20. The first-order chi connectivity index (χ1) is 66.0. The molecule has 29 rings (SSSR count). The van der Waals surface area contributed by atoms with Crippen molar-refractivity contribution in [2.75, 3.05) is 4.90 Å². The van der Waals surface area contributed by atoms with Crippen molar-refractivity contribution < 1.29 is 4.42 Å². The highest BCUT2D eigenvalue weighted by Gasteiger charge is 2.41. The van der Waals surface area contributed by atoms with E-state index in [-0.39, 0.29) is 12.0 Å². The summed E-state index contributed by atoms with van der Waals surface area (Å²) in [6.45, 7) is 0. The van der Waals surface area contributed by atoms with Gasteiger partial charge in [-0.2, -0.15) is 0 Å². The molecular weight excluding hydrogens is 1610 g/mol. The van der Waals surface area contributed by atoms with Gasteiger partial charge in [-0.25, -0.2) is 0 Å². The average molecular weight is 1690 g/mol. The lowest BCUT2D eigenvalue weighted by molar-refractivity contribution is 0.663. The minimum Gasteiger partial charge on any atom is -0.454 e. The summed E-state index contributed by atoms with van der Waals surface area (Å²) in [5.74, 6) is 0.139. The first kappa shape index (κ1) is 73.5. The van der Waals surface area contributed by atoms with Crippen molar-refractivity contribution in [3.05, 3.63) is 467 Å². The molecule has 0 fully saturated rings. The van der Waals surface area contributed by atoms with Crippen molar-refractivity contribution in [1.82, 2.24) is 22.7 Å². The van der Waals surface area contributed by atoms with Crippen molar-refractivity contribution in [3.8, 4) is 101 Å². The summed E-state index contributed by atoms with van der Waals surface area (Å²) in [6.07, 6.45) is 9.16. The van der Waals surface area contributed by atoms with Crippen LogP contribution in [0.1, 0.15) is 11.5 Å². The van der Waals surface area contributed by atoms with Crippen LogP contribution in [0.5, 0.6) is 0 Å². The molecule has 7 nitrogen and oxygen atoms in total. The van der Waals surface area contributed by atoms with Gasteiger partial charge in [0.25, 0.3) is 0 Å². The van der Waals surface area contributed by atoms with Gasteiger partial charge in [0.1, 0.15) is 5.58 Å². The highest BCUT2D eigenvalue weighted by atomic mass is 16.3. The molecule has 0 saturated heterocycles. The van der Waals surface area contributed by atoms with Crippen molar-refractivity contribution in [1.29, 1.82) is 0 Å². The SMILES string of the molecule is C1=CC2c3c(-c4ccc(-c5ccc(-n6c7ccccc7c7cc(-c8ccc9c(c8)c8ccccc8n9-c8cccc(-c9ccccc9-c9ccc%10c(c9)c9cc(-c%11ccc%12c(c%11)c%11ccccc%11n%12-c%11cccc(-c%12ccccc%12)c%11)cc%11c%12ccccc%12n%10c%119)c8)ccc76)cc5)cc4)cccc3N(c3cccc4c3oc3ccc(-n5c6ccccc6c6ccccc65)cc34)C2C=C1. The number of para-hydroxylation sites is 7. The van der Waals surface area contributed by atoms with Crippen molar-refractivity contribution >= 4 is 159 Å². The van der Waals surface area contributed by atoms with Crippen molar-refractivity contribution in [2.24, 2.45) is 0 Å². The van der Waals surface area contributed by atoms with E-state index in [4.69, 9.17) is 4.42 Å². The zero-order valence-electron chi connectivity index (χ0n) is 72.1. The third-order valence-corrected chi connectivity index (χ3v) is 29.1. The molecule has 618 valence electrons. The van der Waals surface area contributed by atoms with Crippen LogP contribution < -0.4 is 4.90 Å². The Morgan fingerprint density at radius 1 is 0.195 bits per heavy atom. The highest BCUT2D eigenvalue weighted by Crippen LogP contribution is 2.55. The number of allylic oxidation sites excluding steroid dienone is 2. The van der Waals surface area contributed by atoms with Crippen LogP contribution in [0.15, 0.2) is 465 Å². The zero-order valence-corrected chi connectivity index (χ0v) is 72.1. The van der Waals surface area contributed by atoms with Gasteiger partial charge >= 0.3 is 0 Å². The number of furan rings is 1. The minimum atomic E-state index is 0.0685. The van der Waals surface area contributed by atoms with Crippen LogP contribution in [0.4, 0.5) is 11.4 Å². The molecule has 0 N–H and O–H groups in total. The average Bonchev–Trinajstić information content (AvgIpc) is 1.54. The molecule has 20 aromatic carbocycles. The fourth-order valence-corrected chi connectivity index (χ4v) is 23.3. The molecule has 7 heteroatoms. The maximum Gasteiger partial charge on any atom is 0.159 e. The predicted molar refractivity (Wildman–Crippen MR) is 557 cm³/mol. The Kier molecular flexibility index (Phi) is 15.7. The third kappa shape index (κ3) is 11.0. The van der Waals surface area contributed by atoms with E-state index in [9.17, 15) is 0 Å². The number of hydrogen-bond donors (Lipinski definition) is 0. The van der Waals surface area contributed by atoms with E-state index in [0.717, 1.165) is 61.5 Å². The molecule has 0 bridgehead atoms. The number of aromatic nitrogens is 5. The van der Waals surface area contributed by atoms with E-state index >= 15 is 0 Å². The summed E-state index contributed by atoms with van der Waals surface area (Å²) in [5.41, 5.74) is 39.5. The van der Waals surface area contributed by atoms with Crippen LogP contribution >= 0.6 is 0 Å². The van der Waals surface area contributed by atoms with Crippen LogP contribution in [-0.4, -0.2) is 28.7 Å². The summed E-state index contributed by atoms with van der Waals surface area (Å²) in [7, 11) is 0. The Balaban J connectivity index is 0.463. The molecule has 2 unspecified atom stereocenters. The zero-order chi connectivity index (χ0) is 86.8. The molecule has 8 heterocycles. The molecule has 0 amide bonds. The lowest BCUT2D eigenvalue weighted by Crippen LogP contribution is -2.28. The molecule has 2 atom stereocenters. The topological polar surface area (TPSA) is 40.5 Å². The lowest BCUT2D eigenvalue weighted by atomic mass is 9.86.